The molecule has 5 rings (SSSR count). The lowest BCUT2D eigenvalue weighted by molar-refractivity contribution is -0.116. The van der Waals surface area contributed by atoms with Gasteiger partial charge in [-0.05, 0) is 66.8 Å². The SMILES string of the molecule is CCOc1ccc(C2Nc3ccccc3NC3=C2C(=O)CC(c2ccc(N(C)C)cc2)C3)cc1. The third-order valence-corrected chi connectivity index (χ3v) is 6.71. The van der Waals surface area contributed by atoms with Crippen LogP contribution < -0.4 is 20.3 Å². The molecule has 0 spiro atoms. The number of ketones is 1. The average Bonchev–Trinajstić information content (AvgIpc) is 3.02. The van der Waals surface area contributed by atoms with Crippen molar-refractivity contribution in [2.75, 3.05) is 36.2 Å². The fraction of sp³-hybridized carbons (Fsp3) is 0.276. The van der Waals surface area contributed by atoms with Crippen molar-refractivity contribution in [3.63, 3.8) is 0 Å². The van der Waals surface area contributed by atoms with Crippen LogP contribution in [0.15, 0.2) is 84.1 Å². The number of Topliss-reactive ketones (excluding diaryl/α,β-unsaturated/α-hetero) is 1. The number of nitrogens with one attached hydrogen (secondary N) is 2. The van der Waals surface area contributed by atoms with Crippen LogP contribution >= 0.6 is 0 Å². The Balaban J connectivity index is 1.53. The summed E-state index contributed by atoms with van der Waals surface area (Å²) in [6, 6.07) is 24.6. The number of rotatable bonds is 5. The van der Waals surface area contributed by atoms with E-state index in [1.165, 1.54) is 5.56 Å². The molecule has 0 bridgehead atoms. The van der Waals surface area contributed by atoms with Gasteiger partial charge in [-0.15, -0.1) is 0 Å². The fourth-order valence-corrected chi connectivity index (χ4v) is 4.95. The van der Waals surface area contributed by atoms with E-state index in [9.17, 15) is 4.79 Å². The lowest BCUT2D eigenvalue weighted by atomic mass is 9.78. The molecular formula is C29H31N3O2. The largest absolute Gasteiger partial charge is 0.494 e. The van der Waals surface area contributed by atoms with Gasteiger partial charge in [-0.25, -0.2) is 0 Å². The number of nitrogens with zero attached hydrogens (tertiary/aromatic N) is 1. The van der Waals surface area contributed by atoms with Crippen molar-refractivity contribution in [3.8, 4) is 5.75 Å². The molecule has 2 unspecified atom stereocenters. The molecule has 2 atom stereocenters. The molecule has 2 aliphatic rings. The molecule has 1 aliphatic carbocycles. The summed E-state index contributed by atoms with van der Waals surface area (Å²) in [7, 11) is 4.08. The molecule has 0 radical (unpaired) electrons. The molecule has 0 amide bonds. The van der Waals surface area contributed by atoms with Crippen LogP contribution in [0.4, 0.5) is 17.1 Å². The van der Waals surface area contributed by atoms with Crippen molar-refractivity contribution < 1.29 is 9.53 Å². The first-order chi connectivity index (χ1) is 16.5. The minimum atomic E-state index is -0.216. The number of benzene rings is 3. The zero-order valence-electron chi connectivity index (χ0n) is 20.0. The molecule has 0 aromatic heterocycles. The highest BCUT2D eigenvalue weighted by atomic mass is 16.5. The van der Waals surface area contributed by atoms with E-state index >= 15 is 0 Å². The van der Waals surface area contributed by atoms with Gasteiger partial charge in [0, 0.05) is 37.5 Å². The second kappa shape index (κ2) is 9.26. The van der Waals surface area contributed by atoms with E-state index in [2.05, 4.69) is 64.1 Å². The predicted octanol–water partition coefficient (Wildman–Crippen LogP) is 6.13. The molecule has 1 heterocycles. The smallest absolute Gasteiger partial charge is 0.163 e. The molecule has 1 aliphatic heterocycles. The molecular weight excluding hydrogens is 422 g/mol. The van der Waals surface area contributed by atoms with Gasteiger partial charge in [0.25, 0.3) is 0 Å². The van der Waals surface area contributed by atoms with Crippen LogP contribution in [0, 0.1) is 0 Å². The van der Waals surface area contributed by atoms with E-state index in [0.29, 0.717) is 13.0 Å². The molecule has 34 heavy (non-hydrogen) atoms. The van der Waals surface area contributed by atoms with Gasteiger partial charge < -0.3 is 20.3 Å². The Labute approximate surface area is 201 Å². The Morgan fingerprint density at radius 2 is 1.56 bits per heavy atom. The number of fused-ring (bicyclic) bond motifs is 1. The highest BCUT2D eigenvalue weighted by Crippen LogP contribution is 2.44. The molecule has 0 saturated heterocycles. The van der Waals surface area contributed by atoms with Crippen LogP contribution in [0.5, 0.6) is 5.75 Å². The van der Waals surface area contributed by atoms with Gasteiger partial charge in [0.1, 0.15) is 5.75 Å². The number of carbonyl (C=O) groups is 1. The second-order valence-corrected chi connectivity index (χ2v) is 9.16. The average molecular weight is 454 g/mol. The quantitative estimate of drug-likeness (QED) is 0.487. The number of para-hydroxylation sites is 2. The highest BCUT2D eigenvalue weighted by molar-refractivity contribution is 6.01. The van der Waals surface area contributed by atoms with Crippen LogP contribution in [0.3, 0.4) is 0 Å². The third kappa shape index (κ3) is 4.26. The first kappa shape index (κ1) is 22.1. The normalized spacial score (nSPS) is 19.3. The minimum absolute atomic E-state index is 0.154. The van der Waals surface area contributed by atoms with Crippen molar-refractivity contribution in [2.24, 2.45) is 0 Å². The van der Waals surface area contributed by atoms with Crippen molar-refractivity contribution in [2.45, 2.75) is 31.7 Å². The van der Waals surface area contributed by atoms with Crippen LogP contribution in [0.25, 0.3) is 0 Å². The van der Waals surface area contributed by atoms with E-state index in [1.54, 1.807) is 0 Å². The maximum atomic E-state index is 13.7. The van der Waals surface area contributed by atoms with Gasteiger partial charge in [-0.2, -0.15) is 0 Å². The highest BCUT2D eigenvalue weighted by Gasteiger charge is 2.36. The van der Waals surface area contributed by atoms with Gasteiger partial charge in [-0.1, -0.05) is 36.4 Å². The van der Waals surface area contributed by atoms with Gasteiger partial charge in [0.2, 0.25) is 0 Å². The van der Waals surface area contributed by atoms with Crippen molar-refractivity contribution in [1.29, 1.82) is 0 Å². The van der Waals surface area contributed by atoms with Crippen molar-refractivity contribution in [3.05, 3.63) is 95.2 Å². The monoisotopic (exact) mass is 453 g/mol. The number of carbonyl (C=O) groups excluding carboxylic acids is 1. The topological polar surface area (TPSA) is 53.6 Å². The maximum absolute atomic E-state index is 13.7. The lowest BCUT2D eigenvalue weighted by Gasteiger charge is -2.30. The summed E-state index contributed by atoms with van der Waals surface area (Å²) in [6.45, 7) is 2.61. The zero-order valence-corrected chi connectivity index (χ0v) is 20.0. The van der Waals surface area contributed by atoms with E-state index in [-0.39, 0.29) is 17.7 Å². The molecule has 2 N–H and O–H groups in total. The van der Waals surface area contributed by atoms with Crippen LogP contribution in [0.2, 0.25) is 0 Å². The lowest BCUT2D eigenvalue weighted by Crippen LogP contribution is -2.26. The Kier molecular flexibility index (Phi) is 6.01. The Bertz CT molecular complexity index is 1210. The summed E-state index contributed by atoms with van der Waals surface area (Å²) in [5.74, 6) is 1.18. The summed E-state index contributed by atoms with van der Waals surface area (Å²) in [5.41, 5.74) is 7.25. The number of hydrogen-bond acceptors (Lipinski definition) is 5. The molecule has 174 valence electrons. The Morgan fingerprint density at radius 1 is 0.882 bits per heavy atom. The van der Waals surface area contributed by atoms with E-state index in [0.717, 1.165) is 46.1 Å². The van der Waals surface area contributed by atoms with Crippen LogP contribution in [0.1, 0.15) is 42.9 Å². The molecule has 5 nitrogen and oxygen atoms in total. The summed E-state index contributed by atoms with van der Waals surface area (Å²) in [6.07, 6.45) is 1.30. The van der Waals surface area contributed by atoms with Gasteiger partial charge >= 0.3 is 0 Å². The van der Waals surface area contributed by atoms with Crippen LogP contribution in [-0.4, -0.2) is 26.5 Å². The molecule has 0 saturated carbocycles. The number of allylic oxidation sites excluding steroid dienone is 1. The van der Waals surface area contributed by atoms with E-state index in [4.69, 9.17) is 4.74 Å². The van der Waals surface area contributed by atoms with Gasteiger partial charge in [0.15, 0.2) is 5.78 Å². The minimum Gasteiger partial charge on any atom is -0.494 e. The second-order valence-electron chi connectivity index (χ2n) is 9.16. The predicted molar refractivity (Wildman–Crippen MR) is 139 cm³/mol. The summed E-state index contributed by atoms with van der Waals surface area (Å²) >= 11 is 0. The molecule has 5 heteroatoms. The van der Waals surface area contributed by atoms with Crippen molar-refractivity contribution >= 4 is 22.8 Å². The number of ether oxygens (including phenoxy) is 1. The summed E-state index contributed by atoms with van der Waals surface area (Å²) < 4.78 is 5.63. The van der Waals surface area contributed by atoms with Crippen LogP contribution in [-0.2, 0) is 4.79 Å². The standard InChI is InChI=1S/C29H31N3O2/c1-4-34-23-15-11-20(12-16-23)29-28-26(30-24-7-5-6-8-25(24)31-29)17-21(18-27(28)33)19-9-13-22(14-10-19)32(2)3/h5-16,21,29-31H,4,17-18H2,1-3H3. The molecule has 0 fully saturated rings. The molecule has 3 aromatic carbocycles. The maximum Gasteiger partial charge on any atom is 0.163 e. The van der Waals surface area contributed by atoms with Gasteiger partial charge in [0.05, 0.1) is 24.0 Å². The number of hydrogen-bond donors (Lipinski definition) is 2. The van der Waals surface area contributed by atoms with Crippen molar-refractivity contribution in [1.82, 2.24) is 0 Å². The Morgan fingerprint density at radius 3 is 2.24 bits per heavy atom. The van der Waals surface area contributed by atoms with Gasteiger partial charge in [-0.3, -0.25) is 4.79 Å². The molecule has 3 aromatic rings. The first-order valence-corrected chi connectivity index (χ1v) is 11.9. The van der Waals surface area contributed by atoms with E-state index < -0.39 is 0 Å². The van der Waals surface area contributed by atoms with E-state index in [1.807, 2.05) is 45.3 Å². The summed E-state index contributed by atoms with van der Waals surface area (Å²) in [4.78, 5) is 15.8. The fourth-order valence-electron chi connectivity index (χ4n) is 4.95. The summed E-state index contributed by atoms with van der Waals surface area (Å²) in [5, 5.41) is 7.26. The number of anilines is 3. The Hall–Kier alpha value is -3.73. The zero-order chi connectivity index (χ0) is 23.7. The first-order valence-electron chi connectivity index (χ1n) is 11.9. The third-order valence-electron chi connectivity index (χ3n) is 6.71.